The fourth-order valence-electron chi connectivity index (χ4n) is 1.45. The maximum Gasteiger partial charge on any atom is 0.299 e. The van der Waals surface area contributed by atoms with Gasteiger partial charge in [0.1, 0.15) is 12.5 Å². The van der Waals surface area contributed by atoms with Gasteiger partial charge in [0.15, 0.2) is 5.82 Å². The molecule has 2 heterocycles. The monoisotopic (exact) mass is 188 g/mol. The van der Waals surface area contributed by atoms with E-state index in [1.807, 2.05) is 24.3 Å². The highest BCUT2D eigenvalue weighted by Gasteiger charge is 2.19. The van der Waals surface area contributed by atoms with Gasteiger partial charge in [0.2, 0.25) is 0 Å². The van der Waals surface area contributed by atoms with E-state index in [-0.39, 0.29) is 0 Å². The van der Waals surface area contributed by atoms with Crippen LogP contribution in [0.4, 0.5) is 0 Å². The quantitative estimate of drug-likeness (QED) is 0.745. The number of aromatic nitrogens is 2. The van der Waals surface area contributed by atoms with E-state index in [9.17, 15) is 0 Å². The molecule has 1 aromatic carbocycles. The van der Waals surface area contributed by atoms with Crippen molar-refractivity contribution in [2.75, 3.05) is 0 Å². The Kier molecular flexibility index (Phi) is 1.47. The zero-order valence-electron chi connectivity index (χ0n) is 7.31. The van der Waals surface area contributed by atoms with Crippen LogP contribution in [0.3, 0.4) is 0 Å². The Morgan fingerprint density at radius 1 is 1.14 bits per heavy atom. The molecule has 0 spiro atoms. The zero-order chi connectivity index (χ0) is 9.38. The Morgan fingerprint density at radius 2 is 1.93 bits per heavy atom. The number of hydrogen-bond acceptors (Lipinski definition) is 3. The lowest BCUT2D eigenvalue weighted by molar-refractivity contribution is -0.0307. The van der Waals surface area contributed by atoms with Gasteiger partial charge < -0.3 is 14.5 Å². The van der Waals surface area contributed by atoms with Crippen molar-refractivity contribution in [3.05, 3.63) is 42.6 Å². The summed E-state index contributed by atoms with van der Waals surface area (Å²) in [6.45, 7) is 0. The average molecular weight is 188 g/mol. The van der Waals surface area contributed by atoms with Gasteiger partial charge in [-0.3, -0.25) is 0 Å². The Balaban J connectivity index is 2.05. The first kappa shape index (κ1) is 7.44. The van der Waals surface area contributed by atoms with Crippen molar-refractivity contribution in [3.63, 3.8) is 0 Å². The molecule has 0 unspecified atom stereocenters. The molecule has 14 heavy (non-hydrogen) atoms. The van der Waals surface area contributed by atoms with Crippen molar-refractivity contribution in [2.45, 2.75) is 6.29 Å². The van der Waals surface area contributed by atoms with Crippen molar-refractivity contribution in [1.29, 1.82) is 0 Å². The van der Waals surface area contributed by atoms with E-state index in [0.29, 0.717) is 5.82 Å². The highest BCUT2D eigenvalue weighted by molar-refractivity contribution is 5.74. The summed E-state index contributed by atoms with van der Waals surface area (Å²) in [4.78, 5) is 7.49. The Bertz CT molecular complexity index is 449. The van der Waals surface area contributed by atoms with Gasteiger partial charge >= 0.3 is 0 Å². The molecule has 0 amide bonds. The van der Waals surface area contributed by atoms with Crippen LogP contribution in [0.5, 0.6) is 0 Å². The first-order chi connectivity index (χ1) is 6.93. The molecule has 0 aliphatic carbocycles. The molecule has 0 atom stereocenters. The predicted molar refractivity (Wildman–Crippen MR) is 50.1 cm³/mol. The molecule has 70 valence electrons. The summed E-state index contributed by atoms with van der Waals surface area (Å²) in [5.74, 6) is 0.691. The molecule has 0 radical (unpaired) electrons. The standard InChI is InChI=1S/C10H8N2O2/c1-2-4-8-7(3-1)11-9(12-8)10-13-5-6-14-10/h1-6,10H,(H,11,12). The third-order valence-corrected chi connectivity index (χ3v) is 2.09. The van der Waals surface area contributed by atoms with Gasteiger partial charge in [0.25, 0.3) is 6.29 Å². The number of hydrogen-bond donors (Lipinski definition) is 1. The number of aromatic amines is 1. The summed E-state index contributed by atoms with van der Waals surface area (Å²) in [6, 6.07) is 7.81. The van der Waals surface area contributed by atoms with Crippen LogP contribution in [0, 0.1) is 0 Å². The molecule has 0 saturated heterocycles. The second-order valence-corrected chi connectivity index (χ2v) is 3.02. The van der Waals surface area contributed by atoms with Crippen molar-refractivity contribution in [1.82, 2.24) is 9.97 Å². The average Bonchev–Trinajstić information content (AvgIpc) is 2.86. The number of para-hydroxylation sites is 2. The number of rotatable bonds is 1. The van der Waals surface area contributed by atoms with E-state index in [1.165, 1.54) is 12.5 Å². The maximum absolute atomic E-state index is 5.17. The van der Waals surface area contributed by atoms with Gasteiger partial charge in [-0.05, 0) is 12.1 Å². The van der Waals surface area contributed by atoms with Crippen molar-refractivity contribution >= 4 is 11.0 Å². The van der Waals surface area contributed by atoms with Crippen LogP contribution >= 0.6 is 0 Å². The zero-order valence-corrected chi connectivity index (χ0v) is 7.31. The first-order valence-electron chi connectivity index (χ1n) is 4.34. The summed E-state index contributed by atoms with van der Waals surface area (Å²) in [5.41, 5.74) is 1.91. The number of benzene rings is 1. The molecule has 0 saturated carbocycles. The molecule has 4 nitrogen and oxygen atoms in total. The second-order valence-electron chi connectivity index (χ2n) is 3.02. The van der Waals surface area contributed by atoms with E-state index in [2.05, 4.69) is 9.97 Å². The highest BCUT2D eigenvalue weighted by atomic mass is 16.7. The number of fused-ring (bicyclic) bond motifs is 1. The Hall–Kier alpha value is -1.97. The smallest absolute Gasteiger partial charge is 0.299 e. The third-order valence-electron chi connectivity index (χ3n) is 2.09. The summed E-state index contributed by atoms with van der Waals surface area (Å²) in [7, 11) is 0. The number of nitrogens with zero attached hydrogens (tertiary/aromatic N) is 1. The van der Waals surface area contributed by atoms with Crippen LogP contribution in [0.15, 0.2) is 36.8 Å². The second kappa shape index (κ2) is 2.77. The van der Waals surface area contributed by atoms with Crippen molar-refractivity contribution < 1.29 is 9.47 Å². The molecule has 4 heteroatoms. The minimum atomic E-state index is -0.428. The molecule has 0 fully saturated rings. The molecule has 2 aromatic rings. The molecular formula is C10H8N2O2. The Labute approximate surface area is 80.2 Å². The molecule has 0 bridgehead atoms. The van der Waals surface area contributed by atoms with Gasteiger partial charge in [-0.1, -0.05) is 12.1 Å². The van der Waals surface area contributed by atoms with Gasteiger partial charge in [-0.2, -0.15) is 0 Å². The fourth-order valence-corrected chi connectivity index (χ4v) is 1.45. The summed E-state index contributed by atoms with van der Waals surface area (Å²) in [5, 5.41) is 0. The maximum atomic E-state index is 5.17. The van der Waals surface area contributed by atoms with Crippen LogP contribution < -0.4 is 0 Å². The predicted octanol–water partition coefficient (Wildman–Crippen LogP) is 2.08. The van der Waals surface area contributed by atoms with E-state index in [0.717, 1.165) is 11.0 Å². The molecule has 1 N–H and O–H groups in total. The third kappa shape index (κ3) is 1.04. The van der Waals surface area contributed by atoms with Crippen LogP contribution in [-0.4, -0.2) is 9.97 Å². The molecule has 3 rings (SSSR count). The molecule has 1 aliphatic heterocycles. The lowest BCUT2D eigenvalue weighted by Gasteiger charge is -2.05. The molecule has 1 aliphatic rings. The number of H-pyrrole nitrogens is 1. The molecular weight excluding hydrogens is 180 g/mol. The first-order valence-corrected chi connectivity index (χ1v) is 4.34. The highest BCUT2D eigenvalue weighted by Crippen LogP contribution is 2.23. The van der Waals surface area contributed by atoms with E-state index in [1.54, 1.807) is 0 Å². The van der Waals surface area contributed by atoms with E-state index < -0.39 is 6.29 Å². The Morgan fingerprint density at radius 3 is 2.71 bits per heavy atom. The number of ether oxygens (including phenoxy) is 2. The fraction of sp³-hybridized carbons (Fsp3) is 0.100. The van der Waals surface area contributed by atoms with Crippen LogP contribution in [0.1, 0.15) is 12.1 Å². The largest absolute Gasteiger partial charge is 0.452 e. The van der Waals surface area contributed by atoms with Crippen LogP contribution in [0.25, 0.3) is 11.0 Å². The number of imidazole rings is 1. The normalized spacial score (nSPS) is 15.7. The summed E-state index contributed by atoms with van der Waals surface area (Å²) < 4.78 is 10.3. The summed E-state index contributed by atoms with van der Waals surface area (Å²) >= 11 is 0. The number of nitrogens with one attached hydrogen (secondary N) is 1. The SMILES string of the molecule is C1=COC(c2nc3ccccc3[nH]2)O1. The van der Waals surface area contributed by atoms with Gasteiger partial charge in [-0.25, -0.2) is 4.98 Å². The minimum Gasteiger partial charge on any atom is -0.452 e. The van der Waals surface area contributed by atoms with Crippen molar-refractivity contribution in [3.8, 4) is 0 Å². The summed E-state index contributed by atoms with van der Waals surface area (Å²) in [6.07, 6.45) is 2.60. The lowest BCUT2D eigenvalue weighted by Crippen LogP contribution is -1.99. The van der Waals surface area contributed by atoms with E-state index in [4.69, 9.17) is 9.47 Å². The minimum absolute atomic E-state index is 0.428. The van der Waals surface area contributed by atoms with Crippen molar-refractivity contribution in [2.24, 2.45) is 0 Å². The van der Waals surface area contributed by atoms with E-state index >= 15 is 0 Å². The van der Waals surface area contributed by atoms with Gasteiger partial charge in [-0.15, -0.1) is 0 Å². The van der Waals surface area contributed by atoms with Crippen LogP contribution in [0.2, 0.25) is 0 Å². The van der Waals surface area contributed by atoms with Gasteiger partial charge in [0.05, 0.1) is 11.0 Å². The van der Waals surface area contributed by atoms with Gasteiger partial charge in [0, 0.05) is 0 Å². The topological polar surface area (TPSA) is 47.1 Å². The molecule has 1 aromatic heterocycles. The van der Waals surface area contributed by atoms with Crippen LogP contribution in [-0.2, 0) is 9.47 Å². The lowest BCUT2D eigenvalue weighted by atomic mass is 10.3.